The first-order valence-electron chi connectivity index (χ1n) is 15.1. The Morgan fingerprint density at radius 3 is 2.05 bits per heavy atom. The predicted molar refractivity (Wildman–Crippen MR) is 164 cm³/mol. The number of rotatable bonds is 7. The Morgan fingerprint density at radius 1 is 0.786 bits per heavy atom. The van der Waals surface area contributed by atoms with Crippen LogP contribution in [0.25, 0.3) is 10.9 Å². The zero-order valence-corrected chi connectivity index (χ0v) is 24.1. The molecule has 2 aliphatic rings. The van der Waals surface area contributed by atoms with Crippen molar-refractivity contribution in [3.63, 3.8) is 0 Å². The van der Waals surface area contributed by atoms with Gasteiger partial charge in [0, 0.05) is 37.3 Å². The van der Waals surface area contributed by atoms with Crippen molar-refractivity contribution in [3.05, 3.63) is 123 Å². The Labute approximate surface area is 246 Å². The molecule has 7 rings (SSSR count). The third-order valence-electron chi connectivity index (χ3n) is 9.07. The molecule has 1 atom stereocenters. The van der Waals surface area contributed by atoms with Crippen LogP contribution in [0, 0.1) is 6.92 Å². The molecule has 0 bridgehead atoms. The van der Waals surface area contributed by atoms with Crippen LogP contribution in [-0.2, 0) is 0 Å². The van der Waals surface area contributed by atoms with Crippen LogP contribution in [0.2, 0.25) is 0 Å². The minimum Gasteiger partial charge on any atom is -0.322 e. The van der Waals surface area contributed by atoms with E-state index in [-0.39, 0.29) is 23.7 Å². The van der Waals surface area contributed by atoms with Crippen LogP contribution < -0.4 is 5.56 Å². The van der Waals surface area contributed by atoms with E-state index < -0.39 is 0 Å². The Bertz CT molecular complexity index is 1660. The van der Waals surface area contributed by atoms with E-state index in [1.165, 1.54) is 24.0 Å². The lowest BCUT2D eigenvalue weighted by atomic mass is 9.96. The number of nitrogens with one attached hydrogen (secondary N) is 1. The fourth-order valence-corrected chi connectivity index (χ4v) is 6.97. The molecule has 2 aromatic heterocycles. The topological polar surface area (TPSA) is 82.9 Å². The van der Waals surface area contributed by atoms with E-state index in [0.29, 0.717) is 5.56 Å². The van der Waals surface area contributed by atoms with Gasteiger partial charge in [-0.15, -0.1) is 5.10 Å². The van der Waals surface area contributed by atoms with Crippen molar-refractivity contribution in [3.8, 4) is 0 Å². The number of hydrogen-bond donors (Lipinski definition) is 1. The fourth-order valence-electron chi connectivity index (χ4n) is 6.97. The zero-order valence-electron chi connectivity index (χ0n) is 24.1. The number of piperazine rings is 1. The van der Waals surface area contributed by atoms with Crippen LogP contribution in [0.15, 0.2) is 89.7 Å². The second-order valence-electron chi connectivity index (χ2n) is 11.8. The minimum absolute atomic E-state index is 0.0776. The average Bonchev–Trinajstić information content (AvgIpc) is 3.73. The molecule has 0 unspecified atom stereocenters. The number of aromatic nitrogens is 5. The van der Waals surface area contributed by atoms with Gasteiger partial charge in [-0.1, -0.05) is 85.1 Å². The number of aromatic amines is 1. The van der Waals surface area contributed by atoms with Crippen molar-refractivity contribution in [2.24, 2.45) is 0 Å². The van der Waals surface area contributed by atoms with E-state index in [2.05, 4.69) is 110 Å². The highest BCUT2D eigenvalue weighted by Gasteiger charge is 2.36. The SMILES string of the molecule is Cc1ccc2[nH]c(=O)c([C@H](c3nnnn3C3CCCC3)N3CCN(C(c4ccccc4)c4ccccc4)CC3)cc2c1. The molecule has 5 aromatic rings. The molecule has 0 amide bonds. The van der Waals surface area contributed by atoms with Crippen LogP contribution in [0.1, 0.15) is 71.9 Å². The summed E-state index contributed by atoms with van der Waals surface area (Å²) in [4.78, 5) is 21.8. The number of tetrazole rings is 1. The maximum Gasteiger partial charge on any atom is 0.253 e. The molecule has 42 heavy (non-hydrogen) atoms. The van der Waals surface area contributed by atoms with Gasteiger partial charge in [0.05, 0.1) is 12.1 Å². The van der Waals surface area contributed by atoms with Crippen molar-refractivity contribution in [2.75, 3.05) is 26.2 Å². The van der Waals surface area contributed by atoms with Gasteiger partial charge in [-0.3, -0.25) is 14.6 Å². The largest absolute Gasteiger partial charge is 0.322 e. The summed E-state index contributed by atoms with van der Waals surface area (Å²) in [5.74, 6) is 0.774. The van der Waals surface area contributed by atoms with E-state index in [9.17, 15) is 4.79 Å². The Hall–Kier alpha value is -4.14. The first-order chi connectivity index (χ1) is 20.7. The number of H-pyrrole nitrogens is 1. The molecular weight excluding hydrogens is 522 g/mol. The van der Waals surface area contributed by atoms with Crippen LogP contribution in [0.4, 0.5) is 0 Å². The molecule has 3 aromatic carbocycles. The van der Waals surface area contributed by atoms with E-state index in [0.717, 1.165) is 61.3 Å². The molecule has 1 saturated heterocycles. The summed E-state index contributed by atoms with van der Waals surface area (Å²) in [7, 11) is 0. The molecule has 1 aliphatic heterocycles. The third-order valence-corrected chi connectivity index (χ3v) is 9.07. The number of pyridine rings is 1. The average molecular weight is 560 g/mol. The van der Waals surface area contributed by atoms with Gasteiger partial charge in [0.15, 0.2) is 5.82 Å². The lowest BCUT2D eigenvalue weighted by molar-refractivity contribution is 0.0850. The second-order valence-corrected chi connectivity index (χ2v) is 11.8. The van der Waals surface area contributed by atoms with Crippen LogP contribution in [0.5, 0.6) is 0 Å². The number of fused-ring (bicyclic) bond motifs is 1. The van der Waals surface area contributed by atoms with Gasteiger partial charge in [0.1, 0.15) is 6.04 Å². The highest BCUT2D eigenvalue weighted by molar-refractivity contribution is 5.79. The molecule has 1 saturated carbocycles. The lowest BCUT2D eigenvalue weighted by Crippen LogP contribution is -2.50. The lowest BCUT2D eigenvalue weighted by Gasteiger charge is -2.42. The molecular formula is C34H37N7O. The quantitative estimate of drug-likeness (QED) is 0.286. The molecule has 1 N–H and O–H groups in total. The van der Waals surface area contributed by atoms with Gasteiger partial charge in [-0.05, 0) is 64.9 Å². The third kappa shape index (κ3) is 5.16. The normalized spacial score (nSPS) is 17.8. The number of aryl methyl sites for hydroxylation is 1. The molecule has 214 valence electrons. The smallest absolute Gasteiger partial charge is 0.253 e. The first-order valence-corrected chi connectivity index (χ1v) is 15.1. The molecule has 0 radical (unpaired) electrons. The van der Waals surface area contributed by atoms with E-state index in [4.69, 9.17) is 0 Å². The maximum absolute atomic E-state index is 13.7. The maximum atomic E-state index is 13.7. The summed E-state index contributed by atoms with van der Waals surface area (Å²) in [5, 5.41) is 14.2. The Morgan fingerprint density at radius 2 is 1.40 bits per heavy atom. The van der Waals surface area contributed by atoms with Gasteiger partial charge in [-0.2, -0.15) is 0 Å². The van der Waals surface area contributed by atoms with Crippen molar-refractivity contribution in [2.45, 2.75) is 50.7 Å². The highest BCUT2D eigenvalue weighted by Crippen LogP contribution is 2.36. The summed E-state index contributed by atoms with van der Waals surface area (Å²) in [6.45, 7) is 5.39. The van der Waals surface area contributed by atoms with Crippen LogP contribution in [0.3, 0.4) is 0 Å². The van der Waals surface area contributed by atoms with Crippen molar-refractivity contribution < 1.29 is 0 Å². The monoisotopic (exact) mass is 559 g/mol. The predicted octanol–water partition coefficient (Wildman–Crippen LogP) is 5.43. The second kappa shape index (κ2) is 11.6. The Balaban J connectivity index is 1.25. The molecule has 8 nitrogen and oxygen atoms in total. The Kier molecular flexibility index (Phi) is 7.40. The molecule has 3 heterocycles. The van der Waals surface area contributed by atoms with Crippen LogP contribution >= 0.6 is 0 Å². The van der Waals surface area contributed by atoms with E-state index >= 15 is 0 Å². The van der Waals surface area contributed by atoms with Gasteiger partial charge in [-0.25, -0.2) is 4.68 Å². The van der Waals surface area contributed by atoms with Crippen molar-refractivity contribution in [1.82, 2.24) is 35.0 Å². The van der Waals surface area contributed by atoms with Gasteiger partial charge in [0.2, 0.25) is 0 Å². The zero-order chi connectivity index (χ0) is 28.5. The minimum atomic E-state index is -0.330. The first kappa shape index (κ1) is 26.7. The fraction of sp³-hybridized carbons (Fsp3) is 0.353. The van der Waals surface area contributed by atoms with E-state index in [1.54, 1.807) is 0 Å². The molecule has 1 aliphatic carbocycles. The van der Waals surface area contributed by atoms with Crippen molar-refractivity contribution >= 4 is 10.9 Å². The summed E-state index contributed by atoms with van der Waals surface area (Å²) in [6, 6.07) is 29.8. The molecule has 2 fully saturated rings. The summed E-state index contributed by atoms with van der Waals surface area (Å²) in [6.07, 6.45) is 4.51. The highest BCUT2D eigenvalue weighted by atomic mass is 16.1. The number of hydrogen-bond acceptors (Lipinski definition) is 6. The molecule has 0 spiro atoms. The van der Waals surface area contributed by atoms with Gasteiger partial charge >= 0.3 is 0 Å². The van der Waals surface area contributed by atoms with E-state index in [1.807, 2.05) is 16.8 Å². The van der Waals surface area contributed by atoms with Gasteiger partial charge < -0.3 is 4.98 Å². The number of nitrogens with zero attached hydrogens (tertiary/aromatic N) is 6. The summed E-state index contributed by atoms with van der Waals surface area (Å²) in [5.41, 5.74) is 5.22. The van der Waals surface area contributed by atoms with Crippen LogP contribution in [-0.4, -0.2) is 61.2 Å². The van der Waals surface area contributed by atoms with Gasteiger partial charge in [0.25, 0.3) is 5.56 Å². The molecule has 8 heteroatoms. The standard InChI is InChI=1S/C34H37N7O/c1-24-16-17-30-27(22-24)23-29(34(42)35-30)32(33-36-37-38-41(33)28-14-8-9-15-28)40-20-18-39(19-21-40)31(25-10-4-2-5-11-25)26-12-6-3-7-13-26/h2-7,10-13,16-17,22-23,28,31-32H,8-9,14-15,18-21H2,1H3,(H,35,42)/t32-/m1/s1. The number of benzene rings is 3. The summed E-state index contributed by atoms with van der Waals surface area (Å²) < 4.78 is 2.01. The van der Waals surface area contributed by atoms with Crippen molar-refractivity contribution in [1.29, 1.82) is 0 Å². The summed E-state index contributed by atoms with van der Waals surface area (Å²) >= 11 is 0.